The maximum atomic E-state index is 5.31. The first-order valence-corrected chi connectivity index (χ1v) is 6.46. The molecular formula is C14H15BrO. The molecule has 0 spiro atoms. The van der Waals surface area contributed by atoms with Gasteiger partial charge in [-0.3, -0.25) is 0 Å². The number of hydrogen-bond donors (Lipinski definition) is 0. The van der Waals surface area contributed by atoms with Gasteiger partial charge in [0.15, 0.2) is 0 Å². The fraction of sp³-hybridized carbons (Fsp3) is 0.286. The largest absolute Gasteiger partial charge is 0.469 e. The summed E-state index contributed by atoms with van der Waals surface area (Å²) in [6, 6.07) is 14.5. The minimum atomic E-state index is 0.514. The Kier molecular flexibility index (Phi) is 4.23. The third kappa shape index (κ3) is 3.53. The third-order valence-electron chi connectivity index (χ3n) is 2.58. The van der Waals surface area contributed by atoms with Crippen LogP contribution in [0.25, 0.3) is 0 Å². The summed E-state index contributed by atoms with van der Waals surface area (Å²) in [7, 11) is 0. The smallest absolute Gasteiger partial charge is 0.103 e. The van der Waals surface area contributed by atoms with Crippen molar-refractivity contribution < 1.29 is 4.42 Å². The average molecular weight is 279 g/mol. The summed E-state index contributed by atoms with van der Waals surface area (Å²) in [4.78, 5) is 0.514. The first kappa shape index (κ1) is 11.5. The van der Waals surface area contributed by atoms with E-state index in [-0.39, 0.29) is 0 Å². The number of benzene rings is 1. The van der Waals surface area contributed by atoms with E-state index in [0.717, 1.165) is 25.0 Å². The predicted molar refractivity (Wildman–Crippen MR) is 69.9 cm³/mol. The highest BCUT2D eigenvalue weighted by Crippen LogP contribution is 2.16. The van der Waals surface area contributed by atoms with Gasteiger partial charge in [-0.25, -0.2) is 0 Å². The molecule has 2 aromatic rings. The van der Waals surface area contributed by atoms with Gasteiger partial charge in [-0.2, -0.15) is 0 Å². The number of aryl methyl sites for hydroxylation is 1. The molecule has 1 unspecified atom stereocenters. The summed E-state index contributed by atoms with van der Waals surface area (Å²) < 4.78 is 5.31. The van der Waals surface area contributed by atoms with Crippen molar-refractivity contribution in [2.45, 2.75) is 24.1 Å². The van der Waals surface area contributed by atoms with Crippen LogP contribution in [0.15, 0.2) is 53.1 Å². The van der Waals surface area contributed by atoms with Crippen molar-refractivity contribution in [2.24, 2.45) is 0 Å². The molecule has 0 saturated carbocycles. The molecule has 0 fully saturated rings. The lowest BCUT2D eigenvalue weighted by Crippen LogP contribution is -2.04. The van der Waals surface area contributed by atoms with Crippen LogP contribution in [0.4, 0.5) is 0 Å². The Balaban J connectivity index is 1.78. The second-order valence-electron chi connectivity index (χ2n) is 3.91. The molecule has 0 aliphatic carbocycles. The summed E-state index contributed by atoms with van der Waals surface area (Å²) >= 11 is 3.72. The standard InChI is InChI=1S/C14H15BrO/c15-13(8-9-14-7-4-10-16-14)11-12-5-2-1-3-6-12/h1-7,10,13H,8-9,11H2. The lowest BCUT2D eigenvalue weighted by atomic mass is 10.1. The van der Waals surface area contributed by atoms with Gasteiger partial charge >= 0.3 is 0 Å². The maximum absolute atomic E-state index is 5.31. The second-order valence-corrected chi connectivity index (χ2v) is 5.20. The minimum Gasteiger partial charge on any atom is -0.469 e. The highest BCUT2D eigenvalue weighted by molar-refractivity contribution is 9.09. The van der Waals surface area contributed by atoms with Gasteiger partial charge in [0.25, 0.3) is 0 Å². The molecule has 1 nitrogen and oxygen atoms in total. The molecule has 0 saturated heterocycles. The van der Waals surface area contributed by atoms with E-state index in [1.54, 1.807) is 6.26 Å². The van der Waals surface area contributed by atoms with Gasteiger partial charge in [-0.1, -0.05) is 46.3 Å². The summed E-state index contributed by atoms with van der Waals surface area (Å²) in [5.74, 6) is 1.07. The molecule has 2 heteroatoms. The molecule has 0 radical (unpaired) electrons. The van der Waals surface area contributed by atoms with Gasteiger partial charge < -0.3 is 4.42 Å². The Bertz CT molecular complexity index is 394. The molecule has 1 aromatic carbocycles. The number of furan rings is 1. The monoisotopic (exact) mass is 278 g/mol. The van der Waals surface area contributed by atoms with E-state index in [2.05, 4.69) is 46.3 Å². The van der Waals surface area contributed by atoms with Crippen molar-refractivity contribution in [1.29, 1.82) is 0 Å². The molecule has 1 atom stereocenters. The van der Waals surface area contributed by atoms with Crippen LogP contribution in [0, 0.1) is 0 Å². The molecule has 0 amide bonds. The fourth-order valence-corrected chi connectivity index (χ4v) is 2.33. The van der Waals surface area contributed by atoms with Crippen LogP contribution in [-0.2, 0) is 12.8 Å². The predicted octanol–water partition coefficient (Wildman–Crippen LogP) is 4.22. The highest BCUT2D eigenvalue weighted by atomic mass is 79.9. The normalized spacial score (nSPS) is 12.6. The Labute approximate surface area is 105 Å². The van der Waals surface area contributed by atoms with E-state index in [4.69, 9.17) is 4.42 Å². The fourth-order valence-electron chi connectivity index (χ4n) is 1.73. The van der Waals surface area contributed by atoms with Crippen LogP contribution < -0.4 is 0 Å². The summed E-state index contributed by atoms with van der Waals surface area (Å²) in [6.45, 7) is 0. The maximum Gasteiger partial charge on any atom is 0.103 e. The molecule has 2 rings (SSSR count). The zero-order valence-electron chi connectivity index (χ0n) is 9.10. The number of alkyl halides is 1. The summed E-state index contributed by atoms with van der Waals surface area (Å²) in [5, 5.41) is 0. The lowest BCUT2D eigenvalue weighted by Gasteiger charge is -2.08. The van der Waals surface area contributed by atoms with Crippen molar-refractivity contribution in [3.8, 4) is 0 Å². The van der Waals surface area contributed by atoms with Crippen molar-refractivity contribution in [2.75, 3.05) is 0 Å². The van der Waals surface area contributed by atoms with Crippen molar-refractivity contribution in [3.63, 3.8) is 0 Å². The highest BCUT2D eigenvalue weighted by Gasteiger charge is 2.06. The molecule has 0 N–H and O–H groups in total. The number of rotatable bonds is 5. The van der Waals surface area contributed by atoms with Gasteiger partial charge in [0, 0.05) is 11.2 Å². The quantitative estimate of drug-likeness (QED) is 0.747. The molecule has 16 heavy (non-hydrogen) atoms. The van der Waals surface area contributed by atoms with E-state index >= 15 is 0 Å². The Hall–Kier alpha value is -1.02. The van der Waals surface area contributed by atoms with Crippen LogP contribution in [0.2, 0.25) is 0 Å². The van der Waals surface area contributed by atoms with Crippen LogP contribution in [0.1, 0.15) is 17.7 Å². The van der Waals surface area contributed by atoms with E-state index in [1.807, 2.05) is 12.1 Å². The first-order valence-electron chi connectivity index (χ1n) is 5.55. The molecule has 0 aliphatic rings. The Morgan fingerprint density at radius 1 is 1.06 bits per heavy atom. The third-order valence-corrected chi connectivity index (χ3v) is 3.37. The van der Waals surface area contributed by atoms with Crippen LogP contribution in [-0.4, -0.2) is 4.83 Å². The van der Waals surface area contributed by atoms with E-state index in [1.165, 1.54) is 5.56 Å². The van der Waals surface area contributed by atoms with Gasteiger partial charge in [-0.05, 0) is 30.5 Å². The zero-order valence-corrected chi connectivity index (χ0v) is 10.7. The summed E-state index contributed by atoms with van der Waals surface area (Å²) in [5.41, 5.74) is 1.38. The average Bonchev–Trinajstić information content (AvgIpc) is 2.81. The SMILES string of the molecule is BrC(CCc1ccco1)Cc1ccccc1. The van der Waals surface area contributed by atoms with Crippen molar-refractivity contribution in [1.82, 2.24) is 0 Å². The van der Waals surface area contributed by atoms with Gasteiger partial charge in [0.1, 0.15) is 5.76 Å². The van der Waals surface area contributed by atoms with E-state index in [9.17, 15) is 0 Å². The minimum absolute atomic E-state index is 0.514. The Morgan fingerprint density at radius 3 is 2.56 bits per heavy atom. The van der Waals surface area contributed by atoms with E-state index in [0.29, 0.717) is 4.83 Å². The first-order chi connectivity index (χ1) is 7.84. The van der Waals surface area contributed by atoms with Crippen molar-refractivity contribution >= 4 is 15.9 Å². The topological polar surface area (TPSA) is 13.1 Å². The molecule has 84 valence electrons. The lowest BCUT2D eigenvalue weighted by molar-refractivity contribution is 0.500. The Morgan fingerprint density at radius 2 is 1.88 bits per heavy atom. The molecule has 1 aromatic heterocycles. The molecule has 0 bridgehead atoms. The molecule has 0 aliphatic heterocycles. The van der Waals surface area contributed by atoms with Crippen molar-refractivity contribution in [3.05, 3.63) is 60.1 Å². The second kappa shape index (κ2) is 5.90. The van der Waals surface area contributed by atoms with Gasteiger partial charge in [-0.15, -0.1) is 0 Å². The molecule has 1 heterocycles. The van der Waals surface area contributed by atoms with Crippen LogP contribution in [0.5, 0.6) is 0 Å². The molecular weight excluding hydrogens is 264 g/mol. The number of hydrogen-bond acceptors (Lipinski definition) is 1. The van der Waals surface area contributed by atoms with Gasteiger partial charge in [0.2, 0.25) is 0 Å². The van der Waals surface area contributed by atoms with E-state index < -0.39 is 0 Å². The zero-order chi connectivity index (χ0) is 11.2. The van der Waals surface area contributed by atoms with Crippen LogP contribution in [0.3, 0.4) is 0 Å². The number of halogens is 1. The van der Waals surface area contributed by atoms with Gasteiger partial charge in [0.05, 0.1) is 6.26 Å². The summed E-state index contributed by atoms with van der Waals surface area (Å²) in [6.07, 6.45) is 4.90. The van der Waals surface area contributed by atoms with Crippen LogP contribution >= 0.6 is 15.9 Å².